The van der Waals surface area contributed by atoms with Crippen LogP contribution < -0.4 is 5.32 Å². The molecule has 0 radical (unpaired) electrons. The Morgan fingerprint density at radius 3 is 2.65 bits per heavy atom. The fraction of sp³-hybridized carbons (Fsp3) is 0.375. The highest BCUT2D eigenvalue weighted by atomic mass is 32.1. The Morgan fingerprint density at radius 1 is 1.15 bits per heavy atom. The minimum Gasteiger partial charge on any atom is -0.349 e. The van der Waals surface area contributed by atoms with Crippen LogP contribution in [0.5, 0.6) is 0 Å². The molecule has 0 bridgehead atoms. The first-order chi connectivity index (χ1) is 9.84. The average molecular weight is 286 g/mol. The lowest BCUT2D eigenvalue weighted by molar-refractivity contribution is 0.0932. The summed E-state index contributed by atoms with van der Waals surface area (Å²) in [6.45, 7) is 0. The number of carbonyl (C=O) groups is 1. The Bertz CT molecular complexity index is 573. The van der Waals surface area contributed by atoms with Crippen LogP contribution in [-0.2, 0) is 0 Å². The molecule has 0 spiro atoms. The Morgan fingerprint density at radius 2 is 1.90 bits per heavy atom. The molecular weight excluding hydrogens is 268 g/mol. The largest absolute Gasteiger partial charge is 0.349 e. The molecule has 3 nitrogen and oxygen atoms in total. The van der Waals surface area contributed by atoms with Crippen molar-refractivity contribution in [3.63, 3.8) is 0 Å². The molecule has 0 atom stereocenters. The lowest BCUT2D eigenvalue weighted by Crippen LogP contribution is -2.36. The molecule has 1 aromatic heterocycles. The van der Waals surface area contributed by atoms with Crippen molar-refractivity contribution in [3.05, 3.63) is 40.7 Å². The van der Waals surface area contributed by atoms with Gasteiger partial charge < -0.3 is 5.32 Å². The zero-order valence-corrected chi connectivity index (χ0v) is 12.2. The third kappa shape index (κ3) is 2.90. The van der Waals surface area contributed by atoms with E-state index in [1.807, 2.05) is 30.3 Å². The third-order valence-electron chi connectivity index (χ3n) is 3.76. The molecule has 1 aliphatic rings. The van der Waals surface area contributed by atoms with Crippen LogP contribution in [0.1, 0.15) is 41.8 Å². The number of nitrogens with one attached hydrogen (secondary N) is 1. The van der Waals surface area contributed by atoms with E-state index >= 15 is 0 Å². The van der Waals surface area contributed by atoms with Crippen LogP contribution in [0, 0.1) is 0 Å². The predicted octanol–water partition coefficient (Wildman–Crippen LogP) is 3.87. The maximum absolute atomic E-state index is 12.4. The van der Waals surface area contributed by atoms with Gasteiger partial charge in [0.05, 0.1) is 11.2 Å². The molecule has 0 aliphatic heterocycles. The summed E-state index contributed by atoms with van der Waals surface area (Å²) < 4.78 is 0. The van der Waals surface area contributed by atoms with E-state index in [2.05, 4.69) is 10.3 Å². The number of amides is 1. The SMILES string of the molecule is O=C(NC1CCCCC1)c1scnc1-c1ccccc1. The van der Waals surface area contributed by atoms with Crippen molar-refractivity contribution in [1.29, 1.82) is 0 Å². The van der Waals surface area contributed by atoms with E-state index in [4.69, 9.17) is 0 Å². The van der Waals surface area contributed by atoms with Gasteiger partial charge in [-0.25, -0.2) is 4.98 Å². The van der Waals surface area contributed by atoms with Crippen molar-refractivity contribution in [1.82, 2.24) is 10.3 Å². The van der Waals surface area contributed by atoms with Gasteiger partial charge in [0, 0.05) is 11.6 Å². The second kappa shape index (κ2) is 6.18. The molecule has 1 amide bonds. The van der Waals surface area contributed by atoms with E-state index in [-0.39, 0.29) is 5.91 Å². The number of aromatic nitrogens is 1. The Balaban J connectivity index is 1.77. The summed E-state index contributed by atoms with van der Waals surface area (Å²) in [5.41, 5.74) is 3.55. The number of benzene rings is 1. The molecule has 0 saturated heterocycles. The molecule has 20 heavy (non-hydrogen) atoms. The first-order valence-electron chi connectivity index (χ1n) is 7.14. The Hall–Kier alpha value is -1.68. The molecule has 1 N–H and O–H groups in total. The highest BCUT2D eigenvalue weighted by molar-refractivity contribution is 7.12. The van der Waals surface area contributed by atoms with Crippen LogP contribution in [0.15, 0.2) is 35.8 Å². The second-order valence-electron chi connectivity index (χ2n) is 5.20. The van der Waals surface area contributed by atoms with Gasteiger partial charge in [-0.3, -0.25) is 4.79 Å². The average Bonchev–Trinajstić information content (AvgIpc) is 2.99. The first kappa shape index (κ1) is 13.3. The monoisotopic (exact) mass is 286 g/mol. The highest BCUT2D eigenvalue weighted by Crippen LogP contribution is 2.26. The molecule has 2 aromatic rings. The zero-order chi connectivity index (χ0) is 13.8. The van der Waals surface area contributed by atoms with Crippen LogP contribution in [0.3, 0.4) is 0 Å². The van der Waals surface area contributed by atoms with Crippen LogP contribution in [0.2, 0.25) is 0 Å². The molecule has 104 valence electrons. The van der Waals surface area contributed by atoms with Crippen molar-refractivity contribution < 1.29 is 4.79 Å². The van der Waals surface area contributed by atoms with E-state index in [1.165, 1.54) is 30.6 Å². The molecular formula is C16H18N2OS. The smallest absolute Gasteiger partial charge is 0.263 e. The van der Waals surface area contributed by atoms with Crippen LogP contribution in [-0.4, -0.2) is 16.9 Å². The molecule has 1 saturated carbocycles. The van der Waals surface area contributed by atoms with Crippen LogP contribution in [0.4, 0.5) is 0 Å². The zero-order valence-electron chi connectivity index (χ0n) is 11.3. The number of rotatable bonds is 3. The van der Waals surface area contributed by atoms with Gasteiger partial charge in [0.15, 0.2) is 0 Å². The van der Waals surface area contributed by atoms with Gasteiger partial charge in [-0.15, -0.1) is 11.3 Å². The number of thiazole rings is 1. The third-order valence-corrected chi connectivity index (χ3v) is 4.59. The normalized spacial score (nSPS) is 16.0. The molecule has 3 rings (SSSR count). The molecule has 0 unspecified atom stereocenters. The van der Waals surface area contributed by atoms with Gasteiger partial charge in [-0.1, -0.05) is 49.6 Å². The fourth-order valence-corrected chi connectivity index (χ4v) is 3.42. The van der Waals surface area contributed by atoms with E-state index in [1.54, 1.807) is 5.51 Å². The molecule has 4 heteroatoms. The molecule has 1 fully saturated rings. The predicted molar refractivity (Wildman–Crippen MR) is 81.9 cm³/mol. The molecule has 1 heterocycles. The topological polar surface area (TPSA) is 42.0 Å². The maximum atomic E-state index is 12.4. The van der Waals surface area contributed by atoms with Crippen LogP contribution >= 0.6 is 11.3 Å². The summed E-state index contributed by atoms with van der Waals surface area (Å²) in [7, 11) is 0. The standard InChI is InChI=1S/C16H18N2OS/c19-16(18-13-9-5-2-6-10-13)15-14(17-11-20-15)12-7-3-1-4-8-12/h1,3-4,7-8,11,13H,2,5-6,9-10H2,(H,18,19). The summed E-state index contributed by atoms with van der Waals surface area (Å²) in [5, 5.41) is 3.16. The van der Waals surface area contributed by atoms with Crippen molar-refractivity contribution in [2.75, 3.05) is 0 Å². The maximum Gasteiger partial charge on any atom is 0.263 e. The summed E-state index contributed by atoms with van der Waals surface area (Å²) in [6, 6.07) is 10.2. The van der Waals surface area contributed by atoms with Crippen molar-refractivity contribution >= 4 is 17.2 Å². The van der Waals surface area contributed by atoms with E-state index in [0.29, 0.717) is 6.04 Å². The molecule has 1 aromatic carbocycles. The van der Waals surface area contributed by atoms with Crippen molar-refractivity contribution in [2.24, 2.45) is 0 Å². The van der Waals surface area contributed by atoms with E-state index in [0.717, 1.165) is 29.0 Å². The van der Waals surface area contributed by atoms with Crippen molar-refractivity contribution in [2.45, 2.75) is 38.1 Å². The number of hydrogen-bond donors (Lipinski definition) is 1. The minimum absolute atomic E-state index is 0.0262. The summed E-state index contributed by atoms with van der Waals surface area (Å²) >= 11 is 1.42. The number of carbonyl (C=O) groups excluding carboxylic acids is 1. The van der Waals surface area contributed by atoms with E-state index in [9.17, 15) is 4.79 Å². The number of hydrogen-bond acceptors (Lipinski definition) is 3. The quantitative estimate of drug-likeness (QED) is 0.930. The summed E-state index contributed by atoms with van der Waals surface area (Å²) in [6.07, 6.45) is 5.94. The minimum atomic E-state index is 0.0262. The highest BCUT2D eigenvalue weighted by Gasteiger charge is 2.20. The van der Waals surface area contributed by atoms with Gasteiger partial charge in [-0.2, -0.15) is 0 Å². The first-order valence-corrected chi connectivity index (χ1v) is 8.02. The number of nitrogens with zero attached hydrogens (tertiary/aromatic N) is 1. The van der Waals surface area contributed by atoms with Gasteiger partial charge in [0.25, 0.3) is 5.91 Å². The Labute approximate surface area is 123 Å². The summed E-state index contributed by atoms with van der Waals surface area (Å²) in [4.78, 5) is 17.5. The van der Waals surface area contributed by atoms with Gasteiger partial charge in [0.2, 0.25) is 0 Å². The fourth-order valence-electron chi connectivity index (χ4n) is 2.71. The summed E-state index contributed by atoms with van der Waals surface area (Å²) in [5.74, 6) is 0.0262. The Kier molecular flexibility index (Phi) is 4.11. The molecule has 1 aliphatic carbocycles. The van der Waals surface area contributed by atoms with Gasteiger partial charge >= 0.3 is 0 Å². The lowest BCUT2D eigenvalue weighted by atomic mass is 9.95. The second-order valence-corrected chi connectivity index (χ2v) is 6.06. The van der Waals surface area contributed by atoms with E-state index < -0.39 is 0 Å². The lowest BCUT2D eigenvalue weighted by Gasteiger charge is -2.22. The van der Waals surface area contributed by atoms with Gasteiger partial charge in [0.1, 0.15) is 4.88 Å². The van der Waals surface area contributed by atoms with Crippen LogP contribution in [0.25, 0.3) is 11.3 Å². The van der Waals surface area contributed by atoms with Crippen molar-refractivity contribution in [3.8, 4) is 11.3 Å². The van der Waals surface area contributed by atoms with Gasteiger partial charge in [-0.05, 0) is 12.8 Å².